The zero-order chi connectivity index (χ0) is 10.6. The van der Waals surface area contributed by atoms with Gasteiger partial charge in [-0.3, -0.25) is 0 Å². The number of nitrogens with one attached hydrogen (secondary N) is 1. The van der Waals surface area contributed by atoms with E-state index in [1.165, 1.54) is 11.3 Å². The summed E-state index contributed by atoms with van der Waals surface area (Å²) in [5.74, 6) is 0. The molecule has 4 N–H and O–H groups in total. The predicted molar refractivity (Wildman–Crippen MR) is 60.5 cm³/mol. The molecule has 14 heavy (non-hydrogen) atoms. The van der Waals surface area contributed by atoms with Crippen LogP contribution in [-0.4, -0.2) is 22.2 Å². The lowest BCUT2D eigenvalue weighted by Crippen LogP contribution is -2.40. The lowest BCUT2D eigenvalue weighted by molar-refractivity contribution is 0.202. The number of nitrogens with zero attached hydrogens (tertiary/aromatic N) is 1. The van der Waals surface area contributed by atoms with Crippen molar-refractivity contribution in [2.24, 2.45) is 0 Å². The third kappa shape index (κ3) is 2.36. The zero-order valence-electron chi connectivity index (χ0n) is 8.58. The van der Waals surface area contributed by atoms with Gasteiger partial charge in [-0.1, -0.05) is 25.2 Å². The summed E-state index contributed by atoms with van der Waals surface area (Å²) >= 11 is 1.41. The van der Waals surface area contributed by atoms with Crippen LogP contribution in [0.4, 0.5) is 10.1 Å². The Labute approximate surface area is 88.2 Å². The van der Waals surface area contributed by atoms with Crippen molar-refractivity contribution in [3.05, 3.63) is 6.20 Å². The van der Waals surface area contributed by atoms with Crippen LogP contribution in [0.3, 0.4) is 0 Å². The maximum absolute atomic E-state index is 9.33. The molecule has 0 bridgehead atoms. The largest absolute Gasteiger partial charge is 0.394 e. The molecule has 1 rings (SSSR count). The van der Waals surface area contributed by atoms with Crippen molar-refractivity contribution in [3.8, 4) is 0 Å². The topological polar surface area (TPSA) is 71.2 Å². The minimum absolute atomic E-state index is 0.111. The molecule has 0 aliphatic carbocycles. The van der Waals surface area contributed by atoms with E-state index in [9.17, 15) is 5.11 Å². The van der Waals surface area contributed by atoms with E-state index in [2.05, 4.69) is 10.3 Å². The number of hydrogen-bond acceptors (Lipinski definition) is 5. The Kier molecular flexibility index (Phi) is 3.71. The Morgan fingerprint density at radius 3 is 2.57 bits per heavy atom. The fourth-order valence-corrected chi connectivity index (χ4v) is 1.96. The first kappa shape index (κ1) is 11.3. The van der Waals surface area contributed by atoms with Gasteiger partial charge in [0.25, 0.3) is 0 Å². The van der Waals surface area contributed by atoms with Gasteiger partial charge in [0.2, 0.25) is 0 Å². The number of nitrogens with two attached hydrogens (primary N) is 1. The molecule has 0 aromatic carbocycles. The molecule has 0 saturated carbocycles. The Bertz CT molecular complexity index is 275. The molecule has 80 valence electrons. The number of nitrogen functional groups attached to an aromatic ring is 1. The first-order valence-corrected chi connectivity index (χ1v) is 5.58. The fraction of sp³-hybridized carbons (Fsp3) is 0.667. The van der Waals surface area contributed by atoms with Crippen LogP contribution in [0.2, 0.25) is 0 Å². The van der Waals surface area contributed by atoms with Gasteiger partial charge in [0.1, 0.15) is 5.00 Å². The van der Waals surface area contributed by atoms with Gasteiger partial charge >= 0.3 is 0 Å². The highest BCUT2D eigenvalue weighted by molar-refractivity contribution is 7.19. The second-order valence-electron chi connectivity index (χ2n) is 3.34. The molecule has 0 fully saturated rings. The van der Waals surface area contributed by atoms with E-state index in [4.69, 9.17) is 5.73 Å². The number of rotatable bonds is 5. The molecule has 0 saturated heterocycles. The summed E-state index contributed by atoms with van der Waals surface area (Å²) in [6, 6.07) is 0. The zero-order valence-corrected chi connectivity index (χ0v) is 9.40. The normalized spacial score (nSPS) is 11.6. The van der Waals surface area contributed by atoms with Crippen LogP contribution in [0.25, 0.3) is 0 Å². The van der Waals surface area contributed by atoms with Gasteiger partial charge in [0.05, 0.1) is 18.3 Å². The Morgan fingerprint density at radius 1 is 1.57 bits per heavy atom. The van der Waals surface area contributed by atoms with E-state index in [1.54, 1.807) is 6.20 Å². The van der Waals surface area contributed by atoms with Crippen molar-refractivity contribution in [1.29, 1.82) is 0 Å². The lowest BCUT2D eigenvalue weighted by Gasteiger charge is -2.30. The van der Waals surface area contributed by atoms with Crippen molar-refractivity contribution in [1.82, 2.24) is 4.98 Å². The first-order valence-electron chi connectivity index (χ1n) is 4.76. The van der Waals surface area contributed by atoms with Crippen LogP contribution in [0.5, 0.6) is 0 Å². The smallest absolute Gasteiger partial charge is 0.185 e. The third-order valence-corrected chi connectivity index (χ3v) is 3.29. The number of thiazole rings is 1. The monoisotopic (exact) mass is 215 g/mol. The molecule has 0 atom stereocenters. The number of hydrogen-bond donors (Lipinski definition) is 3. The van der Waals surface area contributed by atoms with Crippen molar-refractivity contribution >= 4 is 21.5 Å². The Hall–Kier alpha value is -0.810. The standard InChI is InChI=1S/C9H17N3OS/c1-3-9(4-2,6-13)12-8-11-5-7(10)14-8/h5,13H,3-4,6,10H2,1-2H3,(H,11,12). The van der Waals surface area contributed by atoms with Crippen LogP contribution < -0.4 is 11.1 Å². The maximum Gasteiger partial charge on any atom is 0.185 e. The SMILES string of the molecule is CCC(CC)(CO)Nc1ncc(N)s1. The number of aliphatic hydroxyl groups excluding tert-OH is 1. The van der Waals surface area contributed by atoms with Crippen molar-refractivity contribution in [2.45, 2.75) is 32.2 Å². The quantitative estimate of drug-likeness (QED) is 0.699. The molecule has 1 aromatic heterocycles. The van der Waals surface area contributed by atoms with Crippen LogP contribution in [0.1, 0.15) is 26.7 Å². The van der Waals surface area contributed by atoms with Gasteiger partial charge in [-0.2, -0.15) is 0 Å². The molecule has 0 aliphatic heterocycles. The van der Waals surface area contributed by atoms with Crippen molar-refractivity contribution in [2.75, 3.05) is 17.7 Å². The van der Waals surface area contributed by atoms with E-state index in [1.807, 2.05) is 13.8 Å². The van der Waals surface area contributed by atoms with E-state index >= 15 is 0 Å². The van der Waals surface area contributed by atoms with Gasteiger partial charge in [-0.25, -0.2) is 4.98 Å². The minimum atomic E-state index is -0.260. The summed E-state index contributed by atoms with van der Waals surface area (Å²) in [5.41, 5.74) is 5.32. The Morgan fingerprint density at radius 2 is 2.21 bits per heavy atom. The van der Waals surface area contributed by atoms with Crippen molar-refractivity contribution < 1.29 is 5.11 Å². The number of anilines is 2. The summed E-state index contributed by atoms with van der Waals surface area (Å²) < 4.78 is 0. The van der Waals surface area contributed by atoms with E-state index in [0.717, 1.165) is 18.0 Å². The van der Waals surface area contributed by atoms with Crippen LogP contribution in [0, 0.1) is 0 Å². The Balaban J connectivity index is 2.73. The minimum Gasteiger partial charge on any atom is -0.394 e. The second kappa shape index (κ2) is 4.61. The molecular weight excluding hydrogens is 198 g/mol. The second-order valence-corrected chi connectivity index (χ2v) is 4.40. The first-order chi connectivity index (χ1) is 6.65. The average molecular weight is 215 g/mol. The highest BCUT2D eigenvalue weighted by atomic mass is 32.1. The molecule has 0 amide bonds. The van der Waals surface area contributed by atoms with Gasteiger partial charge in [-0.05, 0) is 12.8 Å². The molecule has 4 nitrogen and oxygen atoms in total. The highest BCUT2D eigenvalue weighted by Crippen LogP contribution is 2.26. The lowest BCUT2D eigenvalue weighted by atomic mass is 9.94. The van der Waals surface area contributed by atoms with Gasteiger partial charge < -0.3 is 16.2 Å². The molecule has 0 spiro atoms. The van der Waals surface area contributed by atoms with E-state index in [-0.39, 0.29) is 12.1 Å². The summed E-state index contributed by atoms with van der Waals surface area (Å²) in [5, 5.41) is 14.0. The maximum atomic E-state index is 9.33. The fourth-order valence-electron chi connectivity index (χ4n) is 1.26. The van der Waals surface area contributed by atoms with Crippen LogP contribution in [0.15, 0.2) is 6.20 Å². The van der Waals surface area contributed by atoms with E-state index in [0.29, 0.717) is 5.00 Å². The van der Waals surface area contributed by atoms with Gasteiger partial charge in [0, 0.05) is 0 Å². The number of aromatic nitrogens is 1. The average Bonchev–Trinajstić information content (AvgIpc) is 2.61. The molecule has 5 heteroatoms. The summed E-state index contributed by atoms with van der Waals surface area (Å²) in [4.78, 5) is 4.12. The summed E-state index contributed by atoms with van der Waals surface area (Å²) in [7, 11) is 0. The highest BCUT2D eigenvalue weighted by Gasteiger charge is 2.25. The molecule has 0 radical (unpaired) electrons. The molecule has 1 aromatic rings. The van der Waals surface area contributed by atoms with Gasteiger partial charge in [-0.15, -0.1) is 0 Å². The third-order valence-electron chi connectivity index (χ3n) is 2.55. The summed E-state index contributed by atoms with van der Waals surface area (Å²) in [6.45, 7) is 4.20. The predicted octanol–water partition coefficient (Wildman–Crippen LogP) is 1.69. The molecule has 1 heterocycles. The van der Waals surface area contributed by atoms with Crippen molar-refractivity contribution in [3.63, 3.8) is 0 Å². The van der Waals surface area contributed by atoms with Gasteiger partial charge in [0.15, 0.2) is 5.13 Å². The van der Waals surface area contributed by atoms with Crippen LogP contribution >= 0.6 is 11.3 Å². The van der Waals surface area contributed by atoms with Crippen LogP contribution in [-0.2, 0) is 0 Å². The summed E-state index contributed by atoms with van der Waals surface area (Å²) in [6.07, 6.45) is 3.35. The number of aliphatic hydroxyl groups is 1. The van der Waals surface area contributed by atoms with E-state index < -0.39 is 0 Å². The molecule has 0 aliphatic rings. The molecule has 0 unspecified atom stereocenters. The molecular formula is C9H17N3OS.